The van der Waals surface area contributed by atoms with Gasteiger partial charge in [-0.2, -0.15) is 0 Å². The van der Waals surface area contributed by atoms with E-state index in [2.05, 4.69) is 5.32 Å². The fourth-order valence-electron chi connectivity index (χ4n) is 0.889. The van der Waals surface area contributed by atoms with Crippen LogP contribution in [0.15, 0.2) is 0 Å². The molecular formula is C6H11FN2S. The Hall–Kier alpha value is -0.0900. The summed E-state index contributed by atoms with van der Waals surface area (Å²) in [5, 5.41) is 10.5. The van der Waals surface area contributed by atoms with Crippen molar-refractivity contribution in [1.29, 1.82) is 5.41 Å². The van der Waals surface area contributed by atoms with Gasteiger partial charge < -0.3 is 10.7 Å². The van der Waals surface area contributed by atoms with E-state index >= 15 is 0 Å². The van der Waals surface area contributed by atoms with Crippen molar-refractivity contribution in [3.63, 3.8) is 0 Å². The molecule has 1 aliphatic rings. The molecule has 4 heteroatoms. The van der Waals surface area contributed by atoms with Gasteiger partial charge in [-0.15, -0.1) is 11.8 Å². The molecule has 2 nitrogen and oxygen atoms in total. The second-order valence-corrected chi connectivity index (χ2v) is 3.57. The zero-order chi connectivity index (χ0) is 7.40. The second-order valence-electron chi connectivity index (χ2n) is 2.25. The zero-order valence-electron chi connectivity index (χ0n) is 5.69. The predicted molar refractivity (Wildman–Crippen MR) is 42.6 cm³/mol. The molecule has 0 amide bonds. The van der Waals surface area contributed by atoms with Gasteiger partial charge in [0.25, 0.3) is 0 Å². The molecule has 1 aliphatic heterocycles. The van der Waals surface area contributed by atoms with Crippen molar-refractivity contribution in [2.75, 3.05) is 19.0 Å². The van der Waals surface area contributed by atoms with Gasteiger partial charge in [0.1, 0.15) is 6.67 Å². The fraction of sp³-hybridized carbons (Fsp3) is 0.833. The van der Waals surface area contributed by atoms with Gasteiger partial charge >= 0.3 is 0 Å². The minimum atomic E-state index is -0.598. The Morgan fingerprint density at radius 3 is 3.10 bits per heavy atom. The van der Waals surface area contributed by atoms with Crippen LogP contribution < -0.4 is 5.32 Å². The van der Waals surface area contributed by atoms with E-state index < -0.39 is 6.67 Å². The molecular weight excluding hydrogens is 151 g/mol. The summed E-state index contributed by atoms with van der Waals surface area (Å²) in [4.78, 5) is 0. The molecule has 0 aromatic carbocycles. The van der Waals surface area contributed by atoms with Crippen LogP contribution in [0.2, 0.25) is 0 Å². The molecule has 1 atom stereocenters. The molecule has 0 bridgehead atoms. The zero-order valence-corrected chi connectivity index (χ0v) is 6.51. The third-order valence-electron chi connectivity index (χ3n) is 1.39. The molecule has 1 rings (SSSR count). The maximum Gasteiger partial charge on any atom is 0.127 e. The fourth-order valence-corrected chi connectivity index (χ4v) is 1.96. The van der Waals surface area contributed by atoms with E-state index in [0.717, 1.165) is 12.3 Å². The number of hydrogen-bond donors (Lipinski definition) is 2. The summed E-state index contributed by atoms with van der Waals surface area (Å²) >= 11 is 1.77. The van der Waals surface area contributed by atoms with Gasteiger partial charge in [0, 0.05) is 24.4 Å². The summed E-state index contributed by atoms with van der Waals surface area (Å²) in [5.41, 5.74) is 0.201. The minimum absolute atomic E-state index is 0.201. The largest absolute Gasteiger partial charge is 0.307 e. The quantitative estimate of drug-likeness (QED) is 0.608. The highest BCUT2D eigenvalue weighted by Gasteiger charge is 2.15. The van der Waals surface area contributed by atoms with Gasteiger partial charge in [0.2, 0.25) is 0 Å². The van der Waals surface area contributed by atoms with Crippen LogP contribution in [0.25, 0.3) is 0 Å². The molecule has 0 aromatic heterocycles. The van der Waals surface area contributed by atoms with E-state index in [1.54, 1.807) is 11.8 Å². The van der Waals surface area contributed by atoms with Crippen LogP contribution in [0.4, 0.5) is 4.39 Å². The van der Waals surface area contributed by atoms with Crippen molar-refractivity contribution in [1.82, 2.24) is 5.32 Å². The van der Waals surface area contributed by atoms with Gasteiger partial charge in [0.15, 0.2) is 0 Å². The van der Waals surface area contributed by atoms with E-state index in [0.29, 0.717) is 11.8 Å². The Labute approximate surface area is 64.1 Å². The summed E-state index contributed by atoms with van der Waals surface area (Å²) in [5.74, 6) is 1.09. The lowest BCUT2D eigenvalue weighted by Gasteiger charge is -2.06. The van der Waals surface area contributed by atoms with Crippen LogP contribution in [0, 0.1) is 5.41 Å². The third-order valence-corrected chi connectivity index (χ3v) is 2.56. The van der Waals surface area contributed by atoms with Crippen molar-refractivity contribution >= 4 is 17.5 Å². The van der Waals surface area contributed by atoms with Crippen molar-refractivity contribution in [3.8, 4) is 0 Å². The Bertz CT molecular complexity index is 123. The minimum Gasteiger partial charge on any atom is -0.307 e. The average Bonchev–Trinajstić information content (AvgIpc) is 2.40. The Balaban J connectivity index is 2.17. The van der Waals surface area contributed by atoms with Crippen molar-refractivity contribution in [2.45, 2.75) is 11.8 Å². The smallest absolute Gasteiger partial charge is 0.127 e. The van der Waals surface area contributed by atoms with E-state index in [1.807, 2.05) is 0 Å². The molecule has 1 heterocycles. The number of thioether (sulfide) groups is 1. The topological polar surface area (TPSA) is 35.9 Å². The van der Waals surface area contributed by atoms with Crippen LogP contribution in [0.1, 0.15) is 6.42 Å². The molecule has 0 aliphatic carbocycles. The van der Waals surface area contributed by atoms with Gasteiger partial charge in [-0.1, -0.05) is 0 Å². The lowest BCUT2D eigenvalue weighted by Crippen LogP contribution is -2.23. The first-order valence-corrected chi connectivity index (χ1v) is 4.35. The number of hydrogen-bond acceptors (Lipinski definition) is 3. The summed E-state index contributed by atoms with van der Waals surface area (Å²) in [6.07, 6.45) is 0.557. The number of alkyl halides is 1. The SMILES string of the molecule is N=C(CF)CC1NCCS1. The van der Waals surface area contributed by atoms with Gasteiger partial charge in [-0.05, 0) is 0 Å². The molecule has 2 N–H and O–H groups in total. The van der Waals surface area contributed by atoms with Crippen LogP contribution in [0.3, 0.4) is 0 Å². The van der Waals surface area contributed by atoms with E-state index in [1.165, 1.54) is 0 Å². The first-order chi connectivity index (χ1) is 4.83. The monoisotopic (exact) mass is 162 g/mol. The molecule has 1 fully saturated rings. The van der Waals surface area contributed by atoms with Crippen molar-refractivity contribution in [2.24, 2.45) is 0 Å². The van der Waals surface area contributed by atoms with Crippen LogP contribution in [0.5, 0.6) is 0 Å². The maximum atomic E-state index is 11.8. The number of rotatable bonds is 3. The second kappa shape index (κ2) is 3.93. The lowest BCUT2D eigenvalue weighted by atomic mass is 10.3. The van der Waals surface area contributed by atoms with Crippen LogP contribution in [-0.2, 0) is 0 Å². The molecule has 0 spiro atoms. The van der Waals surface area contributed by atoms with Gasteiger partial charge in [-0.25, -0.2) is 4.39 Å². The van der Waals surface area contributed by atoms with E-state index in [9.17, 15) is 4.39 Å². The molecule has 0 saturated carbocycles. The number of nitrogens with one attached hydrogen (secondary N) is 2. The molecule has 0 radical (unpaired) electrons. The number of halogens is 1. The Morgan fingerprint density at radius 1 is 1.80 bits per heavy atom. The van der Waals surface area contributed by atoms with Gasteiger partial charge in [0.05, 0.1) is 5.37 Å². The van der Waals surface area contributed by atoms with E-state index in [-0.39, 0.29) is 5.71 Å². The standard InChI is InChI=1S/C6H11FN2S/c7-4-5(8)3-6-9-1-2-10-6/h6,8-9H,1-4H2. The third kappa shape index (κ3) is 2.27. The van der Waals surface area contributed by atoms with Crippen molar-refractivity contribution < 1.29 is 4.39 Å². The molecule has 58 valence electrons. The first-order valence-electron chi connectivity index (χ1n) is 3.30. The highest BCUT2D eigenvalue weighted by molar-refractivity contribution is 8.00. The summed E-state index contributed by atoms with van der Waals surface area (Å²) < 4.78 is 11.8. The average molecular weight is 162 g/mol. The lowest BCUT2D eigenvalue weighted by molar-refractivity contribution is 0.569. The van der Waals surface area contributed by atoms with Crippen molar-refractivity contribution in [3.05, 3.63) is 0 Å². The van der Waals surface area contributed by atoms with Crippen LogP contribution >= 0.6 is 11.8 Å². The first kappa shape index (κ1) is 8.01. The van der Waals surface area contributed by atoms with E-state index in [4.69, 9.17) is 5.41 Å². The molecule has 1 saturated heterocycles. The maximum absolute atomic E-state index is 11.8. The summed E-state index contributed by atoms with van der Waals surface area (Å²) in [6, 6.07) is 0. The highest BCUT2D eigenvalue weighted by Crippen LogP contribution is 2.16. The Kier molecular flexibility index (Phi) is 3.15. The van der Waals surface area contributed by atoms with Gasteiger partial charge in [-0.3, -0.25) is 0 Å². The highest BCUT2D eigenvalue weighted by atomic mass is 32.2. The summed E-state index contributed by atoms with van der Waals surface area (Å²) in [6.45, 7) is 0.396. The Morgan fingerprint density at radius 2 is 2.60 bits per heavy atom. The predicted octanol–water partition coefficient (Wildman–Crippen LogP) is 1.03. The van der Waals surface area contributed by atoms with Crippen LogP contribution in [-0.4, -0.2) is 30.1 Å². The molecule has 1 unspecified atom stereocenters. The summed E-state index contributed by atoms with van der Waals surface area (Å²) in [7, 11) is 0. The molecule has 10 heavy (non-hydrogen) atoms. The molecule has 0 aromatic rings. The normalized spacial score (nSPS) is 25.1.